The number of hydrogen-bond donors (Lipinski definition) is 4. The summed E-state index contributed by atoms with van der Waals surface area (Å²) < 4.78 is 0. The van der Waals surface area contributed by atoms with Gasteiger partial charge in [0.1, 0.15) is 0 Å². The van der Waals surface area contributed by atoms with Gasteiger partial charge in [-0.05, 0) is 19.4 Å². The Balaban J connectivity index is 2.35. The van der Waals surface area contributed by atoms with Crippen LogP contribution in [-0.2, 0) is 4.79 Å². The zero-order valence-corrected chi connectivity index (χ0v) is 11.6. The number of aliphatic hydroxyl groups excluding tert-OH is 1. The van der Waals surface area contributed by atoms with Crippen LogP contribution in [0.4, 0.5) is 4.79 Å². The Hall–Kier alpha value is -2.08. The van der Waals surface area contributed by atoms with Gasteiger partial charge in [-0.15, -0.1) is 0 Å². The number of carbonyl (C=O) groups excluding carboxylic acids is 1. The van der Waals surface area contributed by atoms with E-state index in [2.05, 4.69) is 10.6 Å². The largest absolute Gasteiger partial charge is 0.479 e. The molecule has 4 N–H and O–H groups in total. The molecule has 2 atom stereocenters. The summed E-state index contributed by atoms with van der Waals surface area (Å²) in [4.78, 5) is 22.0. The number of amides is 2. The van der Waals surface area contributed by atoms with Gasteiger partial charge in [0.2, 0.25) is 0 Å². The Morgan fingerprint density at radius 2 is 1.85 bits per heavy atom. The third kappa shape index (κ3) is 5.27. The summed E-state index contributed by atoms with van der Waals surface area (Å²) in [6.07, 6.45) is -1.48. The molecule has 20 heavy (non-hydrogen) atoms. The van der Waals surface area contributed by atoms with Crippen molar-refractivity contribution < 1.29 is 19.8 Å². The molecule has 0 saturated carbocycles. The van der Waals surface area contributed by atoms with Gasteiger partial charge in [0.05, 0.1) is 6.04 Å². The first-order valence-electron chi connectivity index (χ1n) is 6.42. The average Bonchev–Trinajstić information content (AvgIpc) is 2.39. The minimum Gasteiger partial charge on any atom is -0.479 e. The zero-order chi connectivity index (χ0) is 15.1. The Labute approximate surface area is 117 Å². The lowest BCUT2D eigenvalue weighted by molar-refractivity contribution is -0.146. The Morgan fingerprint density at radius 3 is 2.40 bits per heavy atom. The van der Waals surface area contributed by atoms with Crippen LogP contribution in [-0.4, -0.2) is 34.9 Å². The summed E-state index contributed by atoms with van der Waals surface area (Å²) in [6.45, 7) is 3.94. The number of carboxylic acid groups (broad SMARTS) is 1. The maximum atomic E-state index is 11.6. The van der Waals surface area contributed by atoms with E-state index in [1.165, 1.54) is 0 Å². The highest BCUT2D eigenvalue weighted by Crippen LogP contribution is 2.12. The predicted molar refractivity (Wildman–Crippen MR) is 74.4 cm³/mol. The fraction of sp³-hybridized carbons (Fsp3) is 0.429. The summed E-state index contributed by atoms with van der Waals surface area (Å²) in [7, 11) is 0. The lowest BCUT2D eigenvalue weighted by Gasteiger charge is -2.15. The molecule has 1 aromatic rings. The number of nitrogens with one attached hydrogen (secondary N) is 2. The smallest absolute Gasteiger partial charge is 0.332 e. The molecular weight excluding hydrogens is 260 g/mol. The maximum absolute atomic E-state index is 11.6. The van der Waals surface area contributed by atoms with E-state index in [1.807, 2.05) is 38.1 Å². The molecular formula is C14H20N2O4. The normalized spacial score (nSPS) is 13.3. The Kier molecular flexibility index (Phi) is 5.99. The summed E-state index contributed by atoms with van der Waals surface area (Å²) >= 11 is 0. The summed E-state index contributed by atoms with van der Waals surface area (Å²) in [5.74, 6) is -1.29. The molecule has 1 aromatic carbocycles. The maximum Gasteiger partial charge on any atom is 0.332 e. The van der Waals surface area contributed by atoms with Crippen LogP contribution in [0.1, 0.15) is 30.5 Å². The second kappa shape index (κ2) is 7.49. The fourth-order valence-electron chi connectivity index (χ4n) is 1.63. The van der Waals surface area contributed by atoms with Crippen LogP contribution < -0.4 is 10.6 Å². The standard InChI is InChI=1S/C14H20N2O4/c1-9-3-5-11(6-4-9)10(2)16-14(20)15-8-7-12(17)13(18)19/h3-6,10,12,17H,7-8H2,1-2H3,(H,18,19)(H2,15,16,20). The molecule has 0 radical (unpaired) electrons. The molecule has 0 spiro atoms. The van der Waals surface area contributed by atoms with Gasteiger partial charge in [0.25, 0.3) is 0 Å². The van der Waals surface area contributed by atoms with Crippen LogP contribution in [0.15, 0.2) is 24.3 Å². The molecule has 2 unspecified atom stereocenters. The van der Waals surface area contributed by atoms with Gasteiger partial charge in [-0.2, -0.15) is 0 Å². The van der Waals surface area contributed by atoms with Crippen LogP contribution in [0, 0.1) is 6.92 Å². The number of aliphatic hydroxyl groups is 1. The van der Waals surface area contributed by atoms with Gasteiger partial charge in [-0.3, -0.25) is 0 Å². The molecule has 0 aromatic heterocycles. The van der Waals surface area contributed by atoms with Crippen molar-refractivity contribution >= 4 is 12.0 Å². The predicted octanol–water partition coefficient (Wildman–Crippen LogP) is 1.19. The zero-order valence-electron chi connectivity index (χ0n) is 11.6. The topological polar surface area (TPSA) is 98.7 Å². The van der Waals surface area contributed by atoms with Gasteiger partial charge >= 0.3 is 12.0 Å². The van der Waals surface area contributed by atoms with E-state index in [0.29, 0.717) is 0 Å². The summed E-state index contributed by atoms with van der Waals surface area (Å²) in [6, 6.07) is 7.27. The van der Waals surface area contributed by atoms with Gasteiger partial charge in [-0.1, -0.05) is 29.8 Å². The number of carbonyl (C=O) groups is 2. The number of benzene rings is 1. The van der Waals surface area contributed by atoms with Crippen LogP contribution in [0.25, 0.3) is 0 Å². The van der Waals surface area contributed by atoms with Crippen molar-refractivity contribution in [3.05, 3.63) is 35.4 Å². The van der Waals surface area contributed by atoms with Crippen LogP contribution >= 0.6 is 0 Å². The van der Waals surface area contributed by atoms with E-state index >= 15 is 0 Å². The molecule has 0 aliphatic heterocycles. The number of rotatable bonds is 6. The van der Waals surface area contributed by atoms with Crippen molar-refractivity contribution in [1.82, 2.24) is 10.6 Å². The molecule has 6 heteroatoms. The molecule has 6 nitrogen and oxygen atoms in total. The minimum absolute atomic E-state index is 0.0261. The van der Waals surface area contributed by atoms with Crippen molar-refractivity contribution in [2.45, 2.75) is 32.4 Å². The Morgan fingerprint density at radius 1 is 1.25 bits per heavy atom. The molecule has 2 amide bonds. The van der Waals surface area contributed by atoms with E-state index in [4.69, 9.17) is 10.2 Å². The molecule has 0 fully saturated rings. The molecule has 0 aliphatic rings. The first-order valence-corrected chi connectivity index (χ1v) is 6.42. The van der Waals surface area contributed by atoms with E-state index < -0.39 is 18.1 Å². The molecule has 0 bridgehead atoms. The van der Waals surface area contributed by atoms with Crippen molar-refractivity contribution in [3.63, 3.8) is 0 Å². The number of urea groups is 1. The lowest BCUT2D eigenvalue weighted by Crippen LogP contribution is -2.39. The van der Waals surface area contributed by atoms with Crippen LogP contribution in [0.5, 0.6) is 0 Å². The van der Waals surface area contributed by atoms with Gasteiger partial charge < -0.3 is 20.8 Å². The number of carboxylic acids is 1. The van der Waals surface area contributed by atoms with E-state index in [-0.39, 0.29) is 19.0 Å². The second-order valence-corrected chi connectivity index (χ2v) is 4.68. The highest BCUT2D eigenvalue weighted by atomic mass is 16.4. The van der Waals surface area contributed by atoms with E-state index in [9.17, 15) is 9.59 Å². The molecule has 1 rings (SSSR count). The minimum atomic E-state index is -1.45. The highest BCUT2D eigenvalue weighted by molar-refractivity contribution is 5.75. The van der Waals surface area contributed by atoms with Crippen LogP contribution in [0.3, 0.4) is 0 Å². The highest BCUT2D eigenvalue weighted by Gasteiger charge is 2.13. The van der Waals surface area contributed by atoms with E-state index in [1.54, 1.807) is 0 Å². The summed E-state index contributed by atoms with van der Waals surface area (Å²) in [5, 5.41) is 22.8. The molecule has 110 valence electrons. The fourth-order valence-corrected chi connectivity index (χ4v) is 1.63. The second-order valence-electron chi connectivity index (χ2n) is 4.68. The number of aliphatic carboxylic acids is 1. The average molecular weight is 280 g/mol. The van der Waals surface area contributed by atoms with Crippen molar-refractivity contribution in [1.29, 1.82) is 0 Å². The van der Waals surface area contributed by atoms with Crippen molar-refractivity contribution in [2.75, 3.05) is 6.54 Å². The lowest BCUT2D eigenvalue weighted by atomic mass is 10.1. The van der Waals surface area contributed by atoms with Crippen molar-refractivity contribution in [3.8, 4) is 0 Å². The molecule has 0 heterocycles. The third-order valence-corrected chi connectivity index (χ3v) is 2.91. The van der Waals surface area contributed by atoms with Gasteiger partial charge in [-0.25, -0.2) is 9.59 Å². The SMILES string of the molecule is Cc1ccc(C(C)NC(=O)NCCC(O)C(=O)O)cc1. The van der Waals surface area contributed by atoms with Gasteiger partial charge in [0.15, 0.2) is 6.10 Å². The molecule has 0 aliphatic carbocycles. The van der Waals surface area contributed by atoms with Crippen LogP contribution in [0.2, 0.25) is 0 Å². The Bertz CT molecular complexity index is 459. The monoisotopic (exact) mass is 280 g/mol. The molecule has 0 saturated heterocycles. The van der Waals surface area contributed by atoms with Gasteiger partial charge in [0, 0.05) is 13.0 Å². The van der Waals surface area contributed by atoms with Crippen molar-refractivity contribution in [2.24, 2.45) is 0 Å². The first-order chi connectivity index (χ1) is 9.40. The first kappa shape index (κ1) is 16.0. The van der Waals surface area contributed by atoms with E-state index in [0.717, 1.165) is 11.1 Å². The summed E-state index contributed by atoms with van der Waals surface area (Å²) in [5.41, 5.74) is 2.13. The number of aryl methyl sites for hydroxylation is 1. The number of hydrogen-bond acceptors (Lipinski definition) is 3. The third-order valence-electron chi connectivity index (χ3n) is 2.91. The quantitative estimate of drug-likeness (QED) is 0.629.